The smallest absolute Gasteiger partial charge is 0.171 e. The highest BCUT2D eigenvalue weighted by molar-refractivity contribution is 7.09. The Hall–Kier alpha value is -1.55. The van der Waals surface area contributed by atoms with Crippen molar-refractivity contribution < 1.29 is 4.79 Å². The maximum Gasteiger partial charge on any atom is 0.171 e. The van der Waals surface area contributed by atoms with Crippen LogP contribution in [0.2, 0.25) is 0 Å². The second kappa shape index (κ2) is 5.44. The average Bonchev–Trinajstić information content (AvgIpc) is 2.76. The van der Waals surface area contributed by atoms with Gasteiger partial charge in [0.2, 0.25) is 0 Å². The molecule has 0 aliphatic carbocycles. The monoisotopic (exact) mass is 288 g/mol. The Morgan fingerprint density at radius 2 is 1.90 bits per heavy atom. The summed E-state index contributed by atoms with van der Waals surface area (Å²) in [4.78, 5) is 21.2. The van der Waals surface area contributed by atoms with Crippen molar-refractivity contribution in [3.63, 3.8) is 0 Å². The van der Waals surface area contributed by atoms with E-state index >= 15 is 0 Å². The van der Waals surface area contributed by atoms with E-state index in [4.69, 9.17) is 0 Å². The number of carbonyl (C=O) groups is 1. The van der Waals surface area contributed by atoms with Gasteiger partial charge in [0.05, 0.1) is 12.1 Å². The molecule has 2 aromatic heterocycles. The molecule has 20 heavy (non-hydrogen) atoms. The molecule has 4 heteroatoms. The quantitative estimate of drug-likeness (QED) is 0.805. The summed E-state index contributed by atoms with van der Waals surface area (Å²) in [6, 6.07) is 3.74. The summed E-state index contributed by atoms with van der Waals surface area (Å²) in [5, 5.41) is 2.92. The van der Waals surface area contributed by atoms with Gasteiger partial charge in [0.25, 0.3) is 0 Å². The number of rotatable bonds is 3. The lowest BCUT2D eigenvalue weighted by Crippen LogP contribution is -2.12. The highest BCUT2D eigenvalue weighted by Crippen LogP contribution is 2.24. The number of ketones is 1. The largest absolute Gasteiger partial charge is 0.294 e. The average molecular weight is 288 g/mol. The molecule has 2 aromatic rings. The molecular weight excluding hydrogens is 268 g/mol. The van der Waals surface area contributed by atoms with Crippen molar-refractivity contribution in [1.29, 1.82) is 0 Å². The van der Waals surface area contributed by atoms with Crippen LogP contribution in [0.25, 0.3) is 0 Å². The second-order valence-electron chi connectivity index (χ2n) is 6.06. The minimum Gasteiger partial charge on any atom is -0.294 e. The predicted molar refractivity (Wildman–Crippen MR) is 82.6 cm³/mol. The maximum atomic E-state index is 12.3. The van der Waals surface area contributed by atoms with Crippen molar-refractivity contribution in [3.8, 4) is 0 Å². The van der Waals surface area contributed by atoms with E-state index in [9.17, 15) is 4.79 Å². The van der Waals surface area contributed by atoms with Crippen molar-refractivity contribution in [2.45, 2.75) is 46.5 Å². The molecular formula is C16H20N2OS. The Morgan fingerprint density at radius 3 is 2.45 bits per heavy atom. The van der Waals surface area contributed by atoms with Gasteiger partial charge in [-0.2, -0.15) is 0 Å². The van der Waals surface area contributed by atoms with E-state index < -0.39 is 0 Å². The van der Waals surface area contributed by atoms with E-state index in [0.29, 0.717) is 12.0 Å². The Morgan fingerprint density at radius 1 is 1.20 bits per heavy atom. The first-order valence-electron chi connectivity index (χ1n) is 6.69. The Kier molecular flexibility index (Phi) is 4.04. The number of Topliss-reactive ketones (excluding diaryl/α,β-unsaturated/α-hetero) is 1. The number of hydrogen-bond acceptors (Lipinski definition) is 4. The number of aromatic nitrogens is 2. The van der Waals surface area contributed by atoms with E-state index in [-0.39, 0.29) is 11.2 Å². The molecule has 0 N–H and O–H groups in total. The molecule has 0 saturated carbocycles. The van der Waals surface area contributed by atoms with Crippen LogP contribution in [0.15, 0.2) is 17.5 Å². The summed E-state index contributed by atoms with van der Waals surface area (Å²) in [5.74, 6) is 0.0878. The molecule has 2 heterocycles. The summed E-state index contributed by atoms with van der Waals surface area (Å²) >= 11 is 1.56. The van der Waals surface area contributed by atoms with E-state index in [1.807, 2.05) is 31.4 Å². The zero-order valence-electron chi connectivity index (χ0n) is 12.7. The summed E-state index contributed by atoms with van der Waals surface area (Å²) in [7, 11) is 0. The van der Waals surface area contributed by atoms with E-state index in [1.165, 1.54) is 0 Å². The van der Waals surface area contributed by atoms with Crippen LogP contribution in [-0.2, 0) is 11.8 Å². The number of hydrogen-bond donors (Lipinski definition) is 0. The predicted octanol–water partition coefficient (Wildman–Crippen LogP) is 3.88. The van der Waals surface area contributed by atoms with Crippen molar-refractivity contribution in [1.82, 2.24) is 9.97 Å². The molecule has 106 valence electrons. The van der Waals surface area contributed by atoms with Gasteiger partial charge < -0.3 is 0 Å². The summed E-state index contributed by atoms with van der Waals surface area (Å²) < 4.78 is 0. The number of carbonyl (C=O) groups excluding carboxylic acids is 1. The molecule has 0 unspecified atom stereocenters. The highest BCUT2D eigenvalue weighted by atomic mass is 32.1. The van der Waals surface area contributed by atoms with Crippen molar-refractivity contribution in [3.05, 3.63) is 45.2 Å². The van der Waals surface area contributed by atoms with Crippen molar-refractivity contribution >= 4 is 17.1 Å². The molecule has 0 spiro atoms. The fourth-order valence-electron chi connectivity index (χ4n) is 1.95. The number of pyridine rings is 1. The van der Waals surface area contributed by atoms with Crippen LogP contribution >= 0.6 is 11.3 Å². The van der Waals surface area contributed by atoms with Crippen LogP contribution in [0.4, 0.5) is 0 Å². The summed E-state index contributed by atoms with van der Waals surface area (Å²) in [6.45, 7) is 10.2. The Balaban J connectivity index is 2.17. The van der Waals surface area contributed by atoms with Gasteiger partial charge in [-0.3, -0.25) is 9.78 Å². The molecule has 0 bridgehead atoms. The lowest BCUT2D eigenvalue weighted by atomic mass is 9.93. The van der Waals surface area contributed by atoms with E-state index in [0.717, 1.165) is 22.1 Å². The molecule has 0 saturated heterocycles. The standard InChI is InChI=1S/C16H20N2OS/c1-10-6-7-12(11(2)17-10)13(19)8-15-18-14(9-20-15)16(3,4)5/h6-7,9H,8H2,1-5H3. The minimum atomic E-state index is 0.0269. The minimum absolute atomic E-state index is 0.0269. The van der Waals surface area contributed by atoms with Gasteiger partial charge >= 0.3 is 0 Å². The lowest BCUT2D eigenvalue weighted by molar-refractivity contribution is 0.0992. The van der Waals surface area contributed by atoms with E-state index in [2.05, 4.69) is 30.7 Å². The molecule has 2 rings (SSSR count). The van der Waals surface area contributed by atoms with Crippen LogP contribution in [0.5, 0.6) is 0 Å². The summed E-state index contributed by atoms with van der Waals surface area (Å²) in [5.41, 5.74) is 3.50. The SMILES string of the molecule is Cc1ccc(C(=O)Cc2nc(C(C)(C)C)cs2)c(C)n1. The fraction of sp³-hybridized carbons (Fsp3) is 0.438. The van der Waals surface area contributed by atoms with Gasteiger partial charge in [-0.15, -0.1) is 11.3 Å². The topological polar surface area (TPSA) is 42.9 Å². The van der Waals surface area contributed by atoms with Crippen LogP contribution < -0.4 is 0 Å². The first kappa shape index (κ1) is 14.9. The first-order valence-corrected chi connectivity index (χ1v) is 7.57. The third kappa shape index (κ3) is 3.31. The maximum absolute atomic E-state index is 12.3. The number of nitrogens with zero attached hydrogens (tertiary/aromatic N) is 2. The summed E-state index contributed by atoms with van der Waals surface area (Å²) in [6.07, 6.45) is 0.353. The molecule has 3 nitrogen and oxygen atoms in total. The molecule has 0 aliphatic rings. The zero-order chi connectivity index (χ0) is 14.9. The molecule has 0 aliphatic heterocycles. The zero-order valence-corrected chi connectivity index (χ0v) is 13.5. The molecule has 0 fully saturated rings. The third-order valence-electron chi connectivity index (χ3n) is 3.16. The Bertz CT molecular complexity index is 638. The Labute approximate surface area is 124 Å². The molecule has 0 amide bonds. The lowest BCUT2D eigenvalue weighted by Gasteiger charge is -2.14. The third-order valence-corrected chi connectivity index (χ3v) is 4.01. The first-order chi connectivity index (χ1) is 9.27. The highest BCUT2D eigenvalue weighted by Gasteiger charge is 2.19. The van der Waals surface area contributed by atoms with Gasteiger partial charge in [-0.1, -0.05) is 20.8 Å². The van der Waals surface area contributed by atoms with Gasteiger partial charge in [-0.25, -0.2) is 4.98 Å². The van der Waals surface area contributed by atoms with Crippen LogP contribution in [-0.4, -0.2) is 15.8 Å². The van der Waals surface area contributed by atoms with Crippen molar-refractivity contribution in [2.75, 3.05) is 0 Å². The second-order valence-corrected chi connectivity index (χ2v) is 7.00. The fourth-order valence-corrected chi connectivity index (χ4v) is 2.97. The van der Waals surface area contributed by atoms with Crippen LogP contribution in [0.3, 0.4) is 0 Å². The molecule has 0 atom stereocenters. The van der Waals surface area contributed by atoms with Gasteiger partial charge in [-0.05, 0) is 26.0 Å². The molecule has 0 radical (unpaired) electrons. The van der Waals surface area contributed by atoms with Crippen LogP contribution in [0, 0.1) is 13.8 Å². The van der Waals surface area contributed by atoms with Gasteiger partial charge in [0.15, 0.2) is 5.78 Å². The van der Waals surface area contributed by atoms with E-state index in [1.54, 1.807) is 11.3 Å². The number of aryl methyl sites for hydroxylation is 2. The van der Waals surface area contributed by atoms with Crippen LogP contribution in [0.1, 0.15) is 53.2 Å². The van der Waals surface area contributed by atoms with Crippen molar-refractivity contribution in [2.24, 2.45) is 0 Å². The van der Waals surface area contributed by atoms with Gasteiger partial charge in [0, 0.05) is 27.7 Å². The van der Waals surface area contributed by atoms with Gasteiger partial charge in [0.1, 0.15) is 5.01 Å². The number of thiazole rings is 1. The molecule has 0 aromatic carbocycles. The normalized spacial score (nSPS) is 11.7.